The third kappa shape index (κ3) is 6.90. The van der Waals surface area contributed by atoms with E-state index in [4.69, 9.17) is 9.72 Å². The van der Waals surface area contributed by atoms with Crippen LogP contribution in [0, 0.1) is 6.92 Å². The lowest BCUT2D eigenvalue weighted by molar-refractivity contribution is 0.100. The third-order valence-electron chi connectivity index (χ3n) is 6.87. The van der Waals surface area contributed by atoms with E-state index < -0.39 is 0 Å². The Hall–Kier alpha value is -4.11. The average Bonchev–Trinajstić information content (AvgIpc) is 2.93. The Morgan fingerprint density at radius 1 is 1.10 bits per heavy atom. The van der Waals surface area contributed by atoms with Crippen molar-refractivity contribution in [1.82, 2.24) is 19.9 Å². The van der Waals surface area contributed by atoms with Gasteiger partial charge in [0.15, 0.2) is 5.82 Å². The predicted octanol–water partition coefficient (Wildman–Crippen LogP) is 6.27. The van der Waals surface area contributed by atoms with Crippen molar-refractivity contribution in [3.8, 4) is 0 Å². The third-order valence-corrected chi connectivity index (χ3v) is 6.87. The van der Waals surface area contributed by atoms with Crippen LogP contribution >= 0.6 is 0 Å². The average molecular weight is 542 g/mol. The van der Waals surface area contributed by atoms with Crippen LogP contribution in [-0.4, -0.2) is 52.6 Å². The molecular weight excluding hydrogens is 502 g/mol. The largest absolute Gasteiger partial charge is 0.380 e. The van der Waals surface area contributed by atoms with Crippen molar-refractivity contribution in [3.63, 3.8) is 0 Å². The number of benzene rings is 2. The van der Waals surface area contributed by atoms with Crippen molar-refractivity contribution in [1.29, 1.82) is 0 Å². The first kappa shape index (κ1) is 28.9. The molecule has 2 aromatic heterocycles. The zero-order valence-corrected chi connectivity index (χ0v) is 24.4. The second kappa shape index (κ2) is 12.4. The Morgan fingerprint density at radius 3 is 2.62 bits per heavy atom. The van der Waals surface area contributed by atoms with Crippen LogP contribution in [0.5, 0.6) is 0 Å². The summed E-state index contributed by atoms with van der Waals surface area (Å²) < 4.78 is 5.61. The summed E-state index contributed by atoms with van der Waals surface area (Å²) in [5.74, 6) is 0.913. The van der Waals surface area contributed by atoms with Gasteiger partial charge in [-0.05, 0) is 54.2 Å². The summed E-state index contributed by atoms with van der Waals surface area (Å²) in [4.78, 5) is 33.3. The fraction of sp³-hybridized carbons (Fsp3) is 0.387. The molecule has 9 nitrogen and oxygen atoms in total. The number of carbonyl (C=O) groups is 1. The second-order valence-electron chi connectivity index (χ2n) is 11.1. The first-order valence-corrected chi connectivity index (χ1v) is 13.6. The lowest BCUT2D eigenvalue weighted by Crippen LogP contribution is -2.31. The molecule has 0 spiro atoms. The number of carbonyl (C=O) groups excluding carboxylic acids is 1. The Balaban J connectivity index is 1.58. The van der Waals surface area contributed by atoms with E-state index >= 15 is 0 Å². The molecular formula is C31H39N7O2. The van der Waals surface area contributed by atoms with Gasteiger partial charge in [0.05, 0.1) is 12.3 Å². The quantitative estimate of drug-likeness (QED) is 0.242. The fourth-order valence-electron chi connectivity index (χ4n) is 4.41. The maximum Gasteiger partial charge on any atom is 0.255 e. The van der Waals surface area contributed by atoms with Crippen LogP contribution in [0.4, 0.5) is 23.1 Å². The minimum atomic E-state index is -0.187. The van der Waals surface area contributed by atoms with Gasteiger partial charge in [-0.25, -0.2) is 19.9 Å². The number of aryl methyl sites for hydroxylation is 1. The highest BCUT2D eigenvalue weighted by Gasteiger charge is 2.17. The van der Waals surface area contributed by atoms with Crippen LogP contribution in [0.25, 0.3) is 11.0 Å². The molecule has 210 valence electrons. The molecule has 1 unspecified atom stereocenters. The Labute approximate surface area is 236 Å². The normalized spacial score (nSPS) is 12.3. The molecule has 0 saturated heterocycles. The van der Waals surface area contributed by atoms with Gasteiger partial charge in [0.1, 0.15) is 17.4 Å². The number of amides is 1. The highest BCUT2D eigenvalue weighted by atomic mass is 16.5. The van der Waals surface area contributed by atoms with Crippen molar-refractivity contribution in [2.24, 2.45) is 0 Å². The Morgan fingerprint density at radius 2 is 1.90 bits per heavy atom. The molecule has 0 fully saturated rings. The van der Waals surface area contributed by atoms with Crippen molar-refractivity contribution >= 4 is 40.1 Å². The van der Waals surface area contributed by atoms with Crippen LogP contribution in [0.3, 0.4) is 0 Å². The second-order valence-corrected chi connectivity index (χ2v) is 11.1. The van der Waals surface area contributed by atoms with Gasteiger partial charge >= 0.3 is 0 Å². The summed E-state index contributed by atoms with van der Waals surface area (Å²) in [5, 5.41) is 6.41. The molecule has 0 saturated carbocycles. The molecule has 1 amide bonds. The zero-order chi connectivity index (χ0) is 28.9. The van der Waals surface area contributed by atoms with Gasteiger partial charge in [0.2, 0.25) is 5.95 Å². The van der Waals surface area contributed by atoms with E-state index in [-0.39, 0.29) is 17.4 Å². The number of nitrogens with zero attached hydrogens (tertiary/aromatic N) is 5. The van der Waals surface area contributed by atoms with Gasteiger partial charge < -0.3 is 20.3 Å². The SMILES string of the molecule is CCCC(CN(C)c1ncc2ncnc(Nc3cc(C(=O)Nc4cccc(C(C)(C)C)c4)ccc3C)c2n1)OC. The van der Waals surface area contributed by atoms with Crippen molar-refractivity contribution in [2.45, 2.75) is 59.0 Å². The van der Waals surface area contributed by atoms with Gasteiger partial charge in [-0.3, -0.25) is 4.79 Å². The van der Waals surface area contributed by atoms with E-state index in [0.29, 0.717) is 34.9 Å². The molecule has 0 aliphatic rings. The number of fused-ring (bicyclic) bond motifs is 1. The molecule has 4 aromatic rings. The van der Waals surface area contributed by atoms with Gasteiger partial charge in [0.25, 0.3) is 5.91 Å². The van der Waals surface area contributed by atoms with Gasteiger partial charge in [0, 0.05) is 37.6 Å². The molecule has 2 aromatic carbocycles. The lowest BCUT2D eigenvalue weighted by atomic mass is 9.87. The number of likely N-dealkylation sites (N-methyl/N-ethyl adjacent to an activating group) is 1. The van der Waals surface area contributed by atoms with Crippen LogP contribution in [0.2, 0.25) is 0 Å². The number of methoxy groups -OCH3 is 1. The molecule has 9 heteroatoms. The van der Waals surface area contributed by atoms with E-state index in [9.17, 15) is 4.79 Å². The lowest BCUT2D eigenvalue weighted by Gasteiger charge is -2.23. The Bertz CT molecular complexity index is 1480. The summed E-state index contributed by atoms with van der Waals surface area (Å²) in [6.45, 7) is 11.2. The predicted molar refractivity (Wildman–Crippen MR) is 162 cm³/mol. The van der Waals surface area contributed by atoms with Crippen molar-refractivity contribution in [2.75, 3.05) is 36.2 Å². The monoisotopic (exact) mass is 541 g/mol. The van der Waals surface area contributed by atoms with Gasteiger partial charge in [-0.15, -0.1) is 0 Å². The molecule has 2 N–H and O–H groups in total. The van der Waals surface area contributed by atoms with E-state index in [1.165, 1.54) is 6.33 Å². The minimum Gasteiger partial charge on any atom is -0.380 e. The molecule has 0 aliphatic carbocycles. The molecule has 1 atom stereocenters. The highest BCUT2D eigenvalue weighted by molar-refractivity contribution is 6.05. The van der Waals surface area contributed by atoms with E-state index in [0.717, 1.165) is 35.3 Å². The molecule has 0 radical (unpaired) electrons. The van der Waals surface area contributed by atoms with Gasteiger partial charge in [-0.1, -0.05) is 52.3 Å². The maximum atomic E-state index is 13.2. The number of nitrogens with one attached hydrogen (secondary N) is 2. The Kier molecular flexibility index (Phi) is 8.94. The smallest absolute Gasteiger partial charge is 0.255 e. The standard InChI is InChI=1S/C31H39N7O2/c1-8-10-24(40-7)18-38(6)30-32-17-26-27(37-30)28(34-19-33-26)36-25-15-21(14-13-20(25)2)29(39)35-23-12-9-11-22(16-23)31(3,4)5/h9,11-17,19,24H,8,10,18H2,1-7H3,(H,35,39)(H,33,34,36). The summed E-state index contributed by atoms with van der Waals surface area (Å²) in [5.41, 5.74) is 5.37. The van der Waals surface area contributed by atoms with E-state index in [2.05, 4.69) is 59.3 Å². The molecule has 40 heavy (non-hydrogen) atoms. The minimum absolute atomic E-state index is 0.0127. The fourth-order valence-corrected chi connectivity index (χ4v) is 4.41. The zero-order valence-electron chi connectivity index (χ0n) is 24.4. The summed E-state index contributed by atoms with van der Waals surface area (Å²) >= 11 is 0. The maximum absolute atomic E-state index is 13.2. The first-order chi connectivity index (χ1) is 19.1. The number of aromatic nitrogens is 4. The van der Waals surface area contributed by atoms with Crippen LogP contribution in [0.1, 0.15) is 62.0 Å². The topological polar surface area (TPSA) is 105 Å². The van der Waals surface area contributed by atoms with Crippen molar-refractivity contribution < 1.29 is 9.53 Å². The highest BCUT2D eigenvalue weighted by Crippen LogP contribution is 2.27. The number of rotatable bonds is 10. The summed E-state index contributed by atoms with van der Waals surface area (Å²) in [6.07, 6.45) is 5.26. The molecule has 0 bridgehead atoms. The molecule has 4 rings (SSSR count). The number of hydrogen-bond donors (Lipinski definition) is 2. The first-order valence-electron chi connectivity index (χ1n) is 13.6. The van der Waals surface area contributed by atoms with Crippen LogP contribution in [0.15, 0.2) is 55.0 Å². The van der Waals surface area contributed by atoms with E-state index in [1.807, 2.05) is 55.3 Å². The summed E-state index contributed by atoms with van der Waals surface area (Å²) in [7, 11) is 3.67. The molecule has 2 heterocycles. The van der Waals surface area contributed by atoms with Crippen LogP contribution < -0.4 is 15.5 Å². The number of hydrogen-bond acceptors (Lipinski definition) is 8. The number of anilines is 4. The molecule has 0 aliphatic heterocycles. The number of ether oxygens (including phenoxy) is 1. The van der Waals surface area contributed by atoms with E-state index in [1.54, 1.807) is 13.3 Å². The summed E-state index contributed by atoms with van der Waals surface area (Å²) in [6, 6.07) is 13.5. The van der Waals surface area contributed by atoms with Crippen molar-refractivity contribution in [3.05, 3.63) is 71.7 Å². The van der Waals surface area contributed by atoms with Crippen LogP contribution in [-0.2, 0) is 10.2 Å². The van der Waals surface area contributed by atoms with Gasteiger partial charge in [-0.2, -0.15) is 0 Å².